The normalized spacial score (nSPS) is 12.1. The van der Waals surface area contributed by atoms with Gasteiger partial charge in [-0.3, -0.25) is 4.79 Å². The van der Waals surface area contributed by atoms with Crippen molar-refractivity contribution in [3.63, 3.8) is 0 Å². The molecule has 16 heavy (non-hydrogen) atoms. The number of nitrogens with zero attached hydrogens (tertiary/aromatic N) is 1. The summed E-state index contributed by atoms with van der Waals surface area (Å²) < 4.78 is 1.59. The zero-order chi connectivity index (χ0) is 12.1. The molecule has 1 aromatic rings. The van der Waals surface area contributed by atoms with Crippen LogP contribution in [-0.4, -0.2) is 39.3 Å². The standard InChI is InChI=1S/C10H14N2O4/c1-12-5-2-3-8(12)9(14)11-7(4-6-13)10(15)16/h2-3,5,7,13H,4,6H2,1H3,(H,11,14)(H,15,16)/t7-/m1/s1. The number of amides is 1. The van der Waals surface area contributed by atoms with E-state index in [0.717, 1.165) is 0 Å². The van der Waals surface area contributed by atoms with Crippen molar-refractivity contribution < 1.29 is 19.8 Å². The lowest BCUT2D eigenvalue weighted by Crippen LogP contribution is -2.41. The van der Waals surface area contributed by atoms with Gasteiger partial charge in [-0.2, -0.15) is 0 Å². The molecule has 1 heterocycles. The van der Waals surface area contributed by atoms with Gasteiger partial charge in [-0.05, 0) is 12.1 Å². The van der Waals surface area contributed by atoms with Crippen LogP contribution in [0, 0.1) is 0 Å². The van der Waals surface area contributed by atoms with Crippen molar-refractivity contribution in [1.29, 1.82) is 0 Å². The lowest BCUT2D eigenvalue weighted by molar-refractivity contribution is -0.139. The van der Waals surface area contributed by atoms with Gasteiger partial charge in [0.05, 0.1) is 0 Å². The molecule has 0 radical (unpaired) electrons. The van der Waals surface area contributed by atoms with E-state index in [4.69, 9.17) is 10.2 Å². The molecule has 0 aliphatic heterocycles. The number of hydrogen-bond acceptors (Lipinski definition) is 3. The number of aliphatic hydroxyl groups is 1. The monoisotopic (exact) mass is 226 g/mol. The minimum Gasteiger partial charge on any atom is -0.480 e. The average molecular weight is 226 g/mol. The number of aromatic nitrogens is 1. The first-order chi connectivity index (χ1) is 7.56. The fourth-order valence-electron chi connectivity index (χ4n) is 1.32. The molecule has 1 amide bonds. The Balaban J connectivity index is 2.69. The number of aliphatic carboxylic acids is 1. The number of carboxylic acids is 1. The van der Waals surface area contributed by atoms with Crippen LogP contribution in [0.3, 0.4) is 0 Å². The third-order valence-corrected chi connectivity index (χ3v) is 2.20. The van der Waals surface area contributed by atoms with Gasteiger partial charge in [-0.1, -0.05) is 0 Å². The summed E-state index contributed by atoms with van der Waals surface area (Å²) in [6, 6.07) is 2.22. The Hall–Kier alpha value is -1.82. The van der Waals surface area contributed by atoms with E-state index in [2.05, 4.69) is 5.32 Å². The van der Waals surface area contributed by atoms with Crippen molar-refractivity contribution in [3.05, 3.63) is 24.0 Å². The van der Waals surface area contributed by atoms with Gasteiger partial charge in [0.2, 0.25) is 0 Å². The highest BCUT2D eigenvalue weighted by Crippen LogP contribution is 2.01. The molecule has 0 aliphatic rings. The number of carbonyl (C=O) groups excluding carboxylic acids is 1. The highest BCUT2D eigenvalue weighted by Gasteiger charge is 2.20. The van der Waals surface area contributed by atoms with E-state index >= 15 is 0 Å². The molecule has 0 saturated heterocycles. The van der Waals surface area contributed by atoms with E-state index in [0.29, 0.717) is 5.69 Å². The summed E-state index contributed by atoms with van der Waals surface area (Å²) in [6.07, 6.45) is 1.68. The van der Waals surface area contributed by atoms with Crippen molar-refractivity contribution >= 4 is 11.9 Å². The second-order valence-electron chi connectivity index (χ2n) is 3.38. The minimum absolute atomic E-state index is 0.00844. The molecule has 1 aromatic heterocycles. The van der Waals surface area contributed by atoms with Gasteiger partial charge in [0, 0.05) is 26.3 Å². The largest absolute Gasteiger partial charge is 0.480 e. The smallest absolute Gasteiger partial charge is 0.326 e. The molecule has 1 atom stereocenters. The predicted molar refractivity (Wildman–Crippen MR) is 56.0 cm³/mol. The van der Waals surface area contributed by atoms with E-state index < -0.39 is 17.9 Å². The van der Waals surface area contributed by atoms with Gasteiger partial charge < -0.3 is 20.1 Å². The quantitative estimate of drug-likeness (QED) is 0.636. The van der Waals surface area contributed by atoms with Crippen molar-refractivity contribution in [2.45, 2.75) is 12.5 Å². The number of hydrogen-bond donors (Lipinski definition) is 3. The molecule has 0 bridgehead atoms. The Kier molecular flexibility index (Phi) is 4.07. The molecule has 3 N–H and O–H groups in total. The van der Waals surface area contributed by atoms with Crippen LogP contribution in [-0.2, 0) is 11.8 Å². The van der Waals surface area contributed by atoms with Crippen LogP contribution in [0.4, 0.5) is 0 Å². The maximum Gasteiger partial charge on any atom is 0.326 e. The van der Waals surface area contributed by atoms with Gasteiger partial charge in [-0.25, -0.2) is 4.79 Å². The Bertz CT molecular complexity index is 386. The number of nitrogens with one attached hydrogen (secondary N) is 1. The van der Waals surface area contributed by atoms with Gasteiger partial charge in [-0.15, -0.1) is 0 Å². The summed E-state index contributed by atoms with van der Waals surface area (Å²) in [7, 11) is 1.69. The molecule has 0 aromatic carbocycles. The minimum atomic E-state index is -1.16. The number of aliphatic hydroxyl groups excluding tert-OH is 1. The molecule has 0 unspecified atom stereocenters. The molecule has 0 saturated carbocycles. The number of carboxylic acid groups (broad SMARTS) is 1. The lowest BCUT2D eigenvalue weighted by Gasteiger charge is -2.13. The molecule has 0 spiro atoms. The molecular formula is C10H14N2O4. The number of aryl methyl sites for hydroxylation is 1. The zero-order valence-corrected chi connectivity index (χ0v) is 8.88. The molecule has 88 valence electrons. The van der Waals surface area contributed by atoms with Crippen molar-refractivity contribution in [1.82, 2.24) is 9.88 Å². The fourth-order valence-corrected chi connectivity index (χ4v) is 1.32. The second kappa shape index (κ2) is 5.32. The summed E-state index contributed by atoms with van der Waals surface area (Å²) in [4.78, 5) is 22.4. The average Bonchev–Trinajstić information content (AvgIpc) is 2.63. The first-order valence-corrected chi connectivity index (χ1v) is 4.82. The third-order valence-electron chi connectivity index (χ3n) is 2.20. The van der Waals surface area contributed by atoms with E-state index in [9.17, 15) is 9.59 Å². The van der Waals surface area contributed by atoms with Crippen LogP contribution >= 0.6 is 0 Å². The van der Waals surface area contributed by atoms with Crippen molar-refractivity contribution in [2.75, 3.05) is 6.61 Å². The molecular weight excluding hydrogens is 212 g/mol. The highest BCUT2D eigenvalue weighted by atomic mass is 16.4. The zero-order valence-electron chi connectivity index (χ0n) is 8.88. The number of carbonyl (C=O) groups is 2. The van der Waals surface area contributed by atoms with Gasteiger partial charge in [0.25, 0.3) is 5.91 Å². The molecule has 1 rings (SSSR count). The Labute approximate surface area is 92.5 Å². The topological polar surface area (TPSA) is 91.6 Å². The van der Waals surface area contributed by atoms with Gasteiger partial charge in [0.1, 0.15) is 11.7 Å². The van der Waals surface area contributed by atoms with E-state index in [1.807, 2.05) is 0 Å². The van der Waals surface area contributed by atoms with Crippen LogP contribution in [0.1, 0.15) is 16.9 Å². The lowest BCUT2D eigenvalue weighted by atomic mass is 10.2. The Morgan fingerprint density at radius 1 is 1.56 bits per heavy atom. The summed E-state index contributed by atoms with van der Waals surface area (Å²) in [5.41, 5.74) is 0.379. The molecule has 6 heteroatoms. The van der Waals surface area contributed by atoms with E-state index in [-0.39, 0.29) is 13.0 Å². The van der Waals surface area contributed by atoms with Crippen LogP contribution in [0.15, 0.2) is 18.3 Å². The summed E-state index contributed by atoms with van der Waals surface area (Å²) in [5, 5.41) is 19.8. The van der Waals surface area contributed by atoms with E-state index in [1.54, 1.807) is 29.9 Å². The fraction of sp³-hybridized carbons (Fsp3) is 0.400. The first kappa shape index (κ1) is 12.3. The highest BCUT2D eigenvalue weighted by molar-refractivity contribution is 5.95. The SMILES string of the molecule is Cn1cccc1C(=O)N[C@H](CCO)C(=O)O. The van der Waals surface area contributed by atoms with Crippen LogP contribution in [0.2, 0.25) is 0 Å². The van der Waals surface area contributed by atoms with Crippen molar-refractivity contribution in [3.8, 4) is 0 Å². The maximum absolute atomic E-state index is 11.6. The van der Waals surface area contributed by atoms with Gasteiger partial charge in [0.15, 0.2) is 0 Å². The summed E-state index contributed by atoms with van der Waals surface area (Å²) >= 11 is 0. The van der Waals surface area contributed by atoms with E-state index in [1.165, 1.54) is 0 Å². The molecule has 6 nitrogen and oxygen atoms in total. The van der Waals surface area contributed by atoms with Gasteiger partial charge >= 0.3 is 5.97 Å². The third kappa shape index (κ3) is 2.83. The first-order valence-electron chi connectivity index (χ1n) is 4.82. The Morgan fingerprint density at radius 3 is 2.69 bits per heavy atom. The van der Waals surface area contributed by atoms with Crippen LogP contribution in [0.25, 0.3) is 0 Å². The van der Waals surface area contributed by atoms with Crippen LogP contribution in [0.5, 0.6) is 0 Å². The summed E-state index contributed by atoms with van der Waals surface area (Å²) in [5.74, 6) is -1.62. The van der Waals surface area contributed by atoms with Crippen LogP contribution < -0.4 is 5.32 Å². The Morgan fingerprint density at radius 2 is 2.25 bits per heavy atom. The number of rotatable bonds is 5. The summed E-state index contributed by atoms with van der Waals surface area (Å²) in [6.45, 7) is -0.287. The molecule has 0 aliphatic carbocycles. The second-order valence-corrected chi connectivity index (χ2v) is 3.38. The predicted octanol–water partition coefficient (Wildman–Crippen LogP) is -0.410. The molecule has 0 fully saturated rings. The van der Waals surface area contributed by atoms with Crippen molar-refractivity contribution in [2.24, 2.45) is 7.05 Å². The maximum atomic E-state index is 11.6.